The maximum atomic E-state index is 10.5. The lowest BCUT2D eigenvalue weighted by molar-refractivity contribution is 0.414. The SMILES string of the molecule is COc1ccc(Sc2cc3ccccc3[nH]2)cc1.Cc1ccc(S(=O)(=O)O)cc1. The number of fused-ring (bicyclic) bond motifs is 1. The van der Waals surface area contributed by atoms with Crippen LogP contribution in [0.15, 0.2) is 93.7 Å². The molecule has 2 N–H and O–H groups in total. The molecule has 3 aromatic carbocycles. The second-order valence-electron chi connectivity index (χ2n) is 6.29. The zero-order valence-electron chi connectivity index (χ0n) is 16.0. The van der Waals surface area contributed by atoms with E-state index in [-0.39, 0.29) is 4.90 Å². The van der Waals surface area contributed by atoms with Crippen LogP contribution in [0, 0.1) is 6.92 Å². The summed E-state index contributed by atoms with van der Waals surface area (Å²) in [4.78, 5) is 4.53. The van der Waals surface area contributed by atoms with E-state index >= 15 is 0 Å². The van der Waals surface area contributed by atoms with Gasteiger partial charge in [-0.1, -0.05) is 47.7 Å². The Hall–Kier alpha value is -2.74. The molecule has 0 aliphatic heterocycles. The van der Waals surface area contributed by atoms with E-state index in [1.165, 1.54) is 27.9 Å². The smallest absolute Gasteiger partial charge is 0.294 e. The molecule has 0 fully saturated rings. The summed E-state index contributed by atoms with van der Waals surface area (Å²) in [7, 11) is -2.34. The summed E-state index contributed by atoms with van der Waals surface area (Å²) in [6.07, 6.45) is 0. The molecule has 150 valence electrons. The van der Waals surface area contributed by atoms with Gasteiger partial charge in [0.15, 0.2) is 0 Å². The Morgan fingerprint density at radius 3 is 2.17 bits per heavy atom. The number of H-pyrrole nitrogens is 1. The third-order valence-electron chi connectivity index (χ3n) is 4.11. The number of ether oxygens (including phenoxy) is 1. The molecule has 0 unspecified atom stereocenters. The van der Waals surface area contributed by atoms with Crippen LogP contribution in [0.4, 0.5) is 0 Å². The van der Waals surface area contributed by atoms with Crippen LogP contribution in [0.25, 0.3) is 10.9 Å². The Morgan fingerprint density at radius 1 is 0.931 bits per heavy atom. The number of rotatable bonds is 4. The van der Waals surface area contributed by atoms with Crippen LogP contribution in [0.1, 0.15) is 5.56 Å². The van der Waals surface area contributed by atoms with E-state index in [9.17, 15) is 8.42 Å². The fourth-order valence-electron chi connectivity index (χ4n) is 2.58. The molecule has 1 aromatic heterocycles. The molecule has 0 atom stereocenters. The highest BCUT2D eigenvalue weighted by Gasteiger charge is 2.07. The second kappa shape index (κ2) is 9.17. The van der Waals surface area contributed by atoms with Crippen LogP contribution >= 0.6 is 11.8 Å². The quantitative estimate of drug-likeness (QED) is 0.416. The van der Waals surface area contributed by atoms with Crippen LogP contribution in [-0.2, 0) is 10.1 Å². The first kappa shape index (κ1) is 21.0. The van der Waals surface area contributed by atoms with Gasteiger partial charge in [0.1, 0.15) is 5.75 Å². The molecule has 7 heteroatoms. The van der Waals surface area contributed by atoms with Crippen molar-refractivity contribution in [2.75, 3.05) is 7.11 Å². The molecule has 4 rings (SSSR count). The van der Waals surface area contributed by atoms with Gasteiger partial charge in [0.25, 0.3) is 10.1 Å². The van der Waals surface area contributed by atoms with Crippen molar-refractivity contribution in [2.45, 2.75) is 21.7 Å². The molecule has 0 saturated carbocycles. The third-order valence-corrected chi connectivity index (χ3v) is 5.93. The first-order valence-electron chi connectivity index (χ1n) is 8.79. The van der Waals surface area contributed by atoms with Crippen LogP contribution in [0.5, 0.6) is 5.75 Å². The van der Waals surface area contributed by atoms with Crippen molar-refractivity contribution in [3.63, 3.8) is 0 Å². The van der Waals surface area contributed by atoms with Gasteiger partial charge >= 0.3 is 0 Å². The number of nitrogens with one attached hydrogen (secondary N) is 1. The predicted molar refractivity (Wildman–Crippen MR) is 116 cm³/mol. The molecule has 1 heterocycles. The van der Waals surface area contributed by atoms with E-state index in [0.29, 0.717) is 0 Å². The van der Waals surface area contributed by atoms with Gasteiger partial charge in [-0.05, 0) is 55.5 Å². The minimum atomic E-state index is -4.02. The average molecular weight is 428 g/mol. The number of benzene rings is 3. The topological polar surface area (TPSA) is 79.4 Å². The van der Waals surface area contributed by atoms with E-state index in [0.717, 1.165) is 16.3 Å². The summed E-state index contributed by atoms with van der Waals surface area (Å²) in [5.41, 5.74) is 2.13. The highest BCUT2D eigenvalue weighted by molar-refractivity contribution is 7.99. The zero-order chi connectivity index (χ0) is 20.9. The van der Waals surface area contributed by atoms with E-state index in [1.54, 1.807) is 31.0 Å². The molecule has 0 aliphatic carbocycles. The van der Waals surface area contributed by atoms with Crippen LogP contribution in [0.2, 0.25) is 0 Å². The summed E-state index contributed by atoms with van der Waals surface area (Å²) in [6, 6.07) is 24.5. The Balaban J connectivity index is 0.000000188. The zero-order valence-corrected chi connectivity index (χ0v) is 17.6. The largest absolute Gasteiger partial charge is 0.497 e. The van der Waals surface area contributed by atoms with Gasteiger partial charge in [-0.3, -0.25) is 4.55 Å². The number of hydrogen-bond acceptors (Lipinski definition) is 4. The van der Waals surface area contributed by atoms with Crippen LogP contribution in [-0.4, -0.2) is 25.1 Å². The second-order valence-corrected chi connectivity index (χ2v) is 8.82. The molecule has 0 bridgehead atoms. The van der Waals surface area contributed by atoms with E-state index in [4.69, 9.17) is 9.29 Å². The first-order valence-corrected chi connectivity index (χ1v) is 11.0. The number of aryl methyl sites for hydroxylation is 1. The summed E-state index contributed by atoms with van der Waals surface area (Å²) in [5, 5.41) is 2.40. The molecule has 4 aromatic rings. The van der Waals surface area contributed by atoms with Gasteiger partial charge in [-0.2, -0.15) is 8.42 Å². The lowest BCUT2D eigenvalue weighted by Crippen LogP contribution is -1.96. The average Bonchev–Trinajstić information content (AvgIpc) is 3.11. The molecule has 29 heavy (non-hydrogen) atoms. The lowest BCUT2D eigenvalue weighted by atomic mass is 10.2. The number of aromatic amines is 1. The van der Waals surface area contributed by atoms with E-state index in [2.05, 4.69) is 41.4 Å². The maximum Gasteiger partial charge on any atom is 0.294 e. The molecule has 0 saturated heterocycles. The standard InChI is InChI=1S/C15H13NOS.C7H8O3S/c1-17-12-6-8-13(9-7-12)18-15-10-11-4-2-3-5-14(11)16-15;1-6-2-4-7(5-3-6)11(8,9)10/h2-10,16H,1H3;2-5H,1H3,(H,8,9,10). The van der Waals surface area contributed by atoms with Crippen LogP contribution < -0.4 is 4.74 Å². The monoisotopic (exact) mass is 427 g/mol. The number of hydrogen-bond donors (Lipinski definition) is 2. The molecular weight excluding hydrogens is 406 g/mol. The molecule has 0 spiro atoms. The summed E-state index contributed by atoms with van der Waals surface area (Å²) in [5.74, 6) is 0.885. The van der Waals surface area contributed by atoms with Crippen molar-refractivity contribution >= 4 is 32.8 Å². The Kier molecular flexibility index (Phi) is 6.64. The highest BCUT2D eigenvalue weighted by atomic mass is 32.2. The van der Waals surface area contributed by atoms with E-state index < -0.39 is 10.1 Å². The number of aromatic nitrogens is 1. The number of para-hydroxylation sites is 1. The van der Waals surface area contributed by atoms with Crippen molar-refractivity contribution in [1.29, 1.82) is 0 Å². The minimum absolute atomic E-state index is 0.0666. The fraction of sp³-hybridized carbons (Fsp3) is 0.0909. The van der Waals surface area contributed by atoms with Gasteiger partial charge in [0.2, 0.25) is 0 Å². The van der Waals surface area contributed by atoms with Gasteiger partial charge in [-0.15, -0.1) is 0 Å². The Bertz CT molecular complexity index is 1150. The third kappa shape index (κ3) is 5.87. The maximum absolute atomic E-state index is 10.5. The van der Waals surface area contributed by atoms with Crippen molar-refractivity contribution in [2.24, 2.45) is 0 Å². The van der Waals surface area contributed by atoms with Gasteiger partial charge in [-0.25, -0.2) is 0 Å². The fourth-order valence-corrected chi connectivity index (χ4v) is 3.94. The lowest BCUT2D eigenvalue weighted by Gasteiger charge is -2.01. The minimum Gasteiger partial charge on any atom is -0.497 e. The van der Waals surface area contributed by atoms with Gasteiger partial charge < -0.3 is 9.72 Å². The normalized spacial score (nSPS) is 11.0. The number of methoxy groups -OCH3 is 1. The molecule has 5 nitrogen and oxygen atoms in total. The van der Waals surface area contributed by atoms with Gasteiger partial charge in [0, 0.05) is 15.8 Å². The van der Waals surface area contributed by atoms with Crippen molar-refractivity contribution < 1.29 is 17.7 Å². The van der Waals surface area contributed by atoms with Crippen LogP contribution in [0.3, 0.4) is 0 Å². The molecule has 0 aliphatic rings. The molecule has 0 radical (unpaired) electrons. The summed E-state index contributed by atoms with van der Waals surface area (Å²) < 4.78 is 34.7. The Morgan fingerprint density at radius 2 is 1.59 bits per heavy atom. The van der Waals surface area contributed by atoms with E-state index in [1.807, 2.05) is 25.1 Å². The molecular formula is C22H21NO4S2. The van der Waals surface area contributed by atoms with Crippen molar-refractivity contribution in [3.05, 3.63) is 84.4 Å². The molecule has 0 amide bonds. The predicted octanol–water partition coefficient (Wildman–Crippen LogP) is 5.57. The van der Waals surface area contributed by atoms with Crippen molar-refractivity contribution in [1.82, 2.24) is 4.98 Å². The Labute approximate surface area is 174 Å². The first-order chi connectivity index (χ1) is 13.8. The van der Waals surface area contributed by atoms with Crippen molar-refractivity contribution in [3.8, 4) is 5.75 Å². The summed E-state index contributed by atoms with van der Waals surface area (Å²) >= 11 is 1.72. The van der Waals surface area contributed by atoms with Gasteiger partial charge in [0.05, 0.1) is 17.0 Å². The summed E-state index contributed by atoms with van der Waals surface area (Å²) in [6.45, 7) is 1.84. The highest BCUT2D eigenvalue weighted by Crippen LogP contribution is 2.30.